The number of carbonyl (C=O) groups is 2. The highest BCUT2D eigenvalue weighted by atomic mass is 16.6. The van der Waals surface area contributed by atoms with Crippen molar-refractivity contribution in [2.75, 3.05) is 7.11 Å². The van der Waals surface area contributed by atoms with E-state index in [0.29, 0.717) is 5.56 Å². The first-order valence-electron chi connectivity index (χ1n) is 7.62. The largest absolute Gasteiger partial charge is 0.502 e. The second kappa shape index (κ2) is 8.48. The number of methoxy groups -OCH3 is 1. The lowest BCUT2D eigenvalue weighted by Gasteiger charge is -2.11. The second-order valence-corrected chi connectivity index (χ2v) is 5.30. The first-order chi connectivity index (χ1) is 12.8. The topological polar surface area (TPSA) is 142 Å². The summed E-state index contributed by atoms with van der Waals surface area (Å²) in [5, 5.41) is 20.5. The number of carbonyl (C=O) groups excluding carboxylic acids is 2. The zero-order valence-electron chi connectivity index (χ0n) is 14.2. The fraction of sp³-hybridized carbons (Fsp3) is 0.111. The third-order valence-electron chi connectivity index (χ3n) is 3.56. The standard InChI is InChI=1S/C18H16N2O7/c1-26-17(22)15(18(23)27-10-11-5-3-2-4-6-11)16(19)12-7-8-13(20(24)25)14(21)9-12/h2-9,21H,10,19H2,1H3. The van der Waals surface area contributed by atoms with E-state index in [1.54, 1.807) is 30.3 Å². The van der Waals surface area contributed by atoms with Crippen LogP contribution in [0.25, 0.3) is 5.70 Å². The maximum Gasteiger partial charge on any atom is 0.348 e. The molecular formula is C18H16N2O7. The van der Waals surface area contributed by atoms with Crippen molar-refractivity contribution in [1.82, 2.24) is 0 Å². The first-order valence-corrected chi connectivity index (χ1v) is 7.62. The van der Waals surface area contributed by atoms with Crippen LogP contribution in [0, 0.1) is 10.1 Å². The third-order valence-corrected chi connectivity index (χ3v) is 3.56. The van der Waals surface area contributed by atoms with E-state index in [1.165, 1.54) is 6.07 Å². The number of benzene rings is 2. The zero-order valence-corrected chi connectivity index (χ0v) is 14.2. The quantitative estimate of drug-likeness (QED) is 0.195. The summed E-state index contributed by atoms with van der Waals surface area (Å²) in [4.78, 5) is 34.4. The summed E-state index contributed by atoms with van der Waals surface area (Å²) in [6.45, 7) is -0.0983. The van der Waals surface area contributed by atoms with E-state index in [-0.39, 0.29) is 17.9 Å². The minimum absolute atomic E-state index is 0.0233. The average molecular weight is 372 g/mol. The highest BCUT2D eigenvalue weighted by Crippen LogP contribution is 2.29. The van der Waals surface area contributed by atoms with Crippen LogP contribution in [0.3, 0.4) is 0 Å². The van der Waals surface area contributed by atoms with Crippen molar-refractivity contribution in [2.45, 2.75) is 6.61 Å². The lowest BCUT2D eigenvalue weighted by Crippen LogP contribution is -2.21. The molecule has 3 N–H and O–H groups in total. The van der Waals surface area contributed by atoms with Crippen molar-refractivity contribution >= 4 is 23.3 Å². The molecule has 0 aliphatic heterocycles. The van der Waals surface area contributed by atoms with E-state index in [2.05, 4.69) is 4.74 Å². The van der Waals surface area contributed by atoms with Crippen molar-refractivity contribution in [3.63, 3.8) is 0 Å². The summed E-state index contributed by atoms with van der Waals surface area (Å²) in [6, 6.07) is 11.9. The number of aromatic hydroxyl groups is 1. The van der Waals surface area contributed by atoms with Gasteiger partial charge < -0.3 is 20.3 Å². The highest BCUT2D eigenvalue weighted by Gasteiger charge is 2.26. The Hall–Kier alpha value is -3.88. The summed E-state index contributed by atoms with van der Waals surface area (Å²) in [7, 11) is 1.06. The number of phenolic OH excluding ortho intramolecular Hbond substituents is 1. The molecule has 0 unspecified atom stereocenters. The molecule has 0 saturated carbocycles. The van der Waals surface area contributed by atoms with Crippen LogP contribution in [0.4, 0.5) is 5.69 Å². The predicted octanol–water partition coefficient (Wildman–Crippen LogP) is 1.89. The highest BCUT2D eigenvalue weighted by molar-refractivity contribution is 6.19. The predicted molar refractivity (Wildman–Crippen MR) is 94.1 cm³/mol. The van der Waals surface area contributed by atoms with Crippen LogP contribution >= 0.6 is 0 Å². The van der Waals surface area contributed by atoms with Crippen molar-refractivity contribution in [2.24, 2.45) is 5.73 Å². The van der Waals surface area contributed by atoms with Crippen LogP contribution < -0.4 is 5.73 Å². The normalized spacial score (nSPS) is 11.3. The van der Waals surface area contributed by atoms with Gasteiger partial charge in [0.25, 0.3) is 0 Å². The van der Waals surface area contributed by atoms with Crippen LogP contribution in [-0.2, 0) is 25.7 Å². The minimum Gasteiger partial charge on any atom is -0.502 e. The minimum atomic E-state index is -1.04. The number of nitrogens with two attached hydrogens (primary N) is 1. The van der Waals surface area contributed by atoms with Gasteiger partial charge in [-0.15, -0.1) is 0 Å². The van der Waals surface area contributed by atoms with Crippen molar-refractivity contribution in [1.29, 1.82) is 0 Å². The van der Waals surface area contributed by atoms with E-state index in [9.17, 15) is 24.8 Å². The smallest absolute Gasteiger partial charge is 0.348 e. The van der Waals surface area contributed by atoms with Gasteiger partial charge in [0.15, 0.2) is 11.3 Å². The number of nitro benzene ring substituents is 1. The monoisotopic (exact) mass is 372 g/mol. The average Bonchev–Trinajstić information content (AvgIpc) is 2.66. The van der Waals surface area contributed by atoms with Gasteiger partial charge in [-0.25, -0.2) is 9.59 Å². The molecule has 0 atom stereocenters. The molecule has 2 aromatic carbocycles. The van der Waals surface area contributed by atoms with Gasteiger partial charge in [0.2, 0.25) is 0 Å². The number of hydrogen-bond donors (Lipinski definition) is 2. The first kappa shape index (κ1) is 19.4. The van der Waals surface area contributed by atoms with Gasteiger partial charge in [-0.1, -0.05) is 30.3 Å². The van der Waals surface area contributed by atoms with Gasteiger partial charge in [-0.05, 0) is 17.7 Å². The van der Waals surface area contributed by atoms with E-state index < -0.39 is 33.9 Å². The summed E-state index contributed by atoms with van der Waals surface area (Å²) >= 11 is 0. The van der Waals surface area contributed by atoms with Gasteiger partial charge in [0.05, 0.1) is 17.7 Å². The Kier molecular flexibility index (Phi) is 6.10. The molecule has 0 aliphatic rings. The van der Waals surface area contributed by atoms with Crippen molar-refractivity contribution < 1.29 is 29.1 Å². The molecule has 0 aliphatic carbocycles. The number of esters is 2. The number of nitro groups is 1. The van der Waals surface area contributed by atoms with Crippen LogP contribution in [0.5, 0.6) is 5.75 Å². The lowest BCUT2D eigenvalue weighted by molar-refractivity contribution is -0.385. The molecule has 0 heterocycles. The Labute approximate surface area is 153 Å². The Morgan fingerprint density at radius 1 is 1.15 bits per heavy atom. The molecule has 0 aromatic heterocycles. The second-order valence-electron chi connectivity index (χ2n) is 5.30. The third kappa shape index (κ3) is 4.60. The maximum absolute atomic E-state index is 12.4. The lowest BCUT2D eigenvalue weighted by atomic mass is 10.1. The summed E-state index contributed by atoms with van der Waals surface area (Å²) in [5.74, 6) is -2.73. The van der Waals surface area contributed by atoms with Gasteiger partial charge in [-0.3, -0.25) is 10.1 Å². The van der Waals surface area contributed by atoms with Crippen molar-refractivity contribution in [3.05, 3.63) is 75.3 Å². The van der Waals surface area contributed by atoms with E-state index >= 15 is 0 Å². The fourth-order valence-corrected chi connectivity index (χ4v) is 2.19. The van der Waals surface area contributed by atoms with E-state index in [0.717, 1.165) is 19.2 Å². The molecule has 140 valence electrons. The summed E-state index contributed by atoms with van der Waals surface area (Å²) in [5.41, 5.74) is 5.13. The van der Waals surface area contributed by atoms with Gasteiger partial charge >= 0.3 is 17.6 Å². The molecule has 0 radical (unpaired) electrons. The molecule has 27 heavy (non-hydrogen) atoms. The Balaban J connectivity index is 2.35. The fourth-order valence-electron chi connectivity index (χ4n) is 2.19. The van der Waals surface area contributed by atoms with Crippen LogP contribution in [0.1, 0.15) is 11.1 Å². The maximum atomic E-state index is 12.4. The van der Waals surface area contributed by atoms with E-state index in [4.69, 9.17) is 10.5 Å². The number of ether oxygens (including phenoxy) is 2. The molecule has 0 fully saturated rings. The molecule has 2 rings (SSSR count). The Bertz CT molecular complexity index is 907. The van der Waals surface area contributed by atoms with Gasteiger partial charge in [0, 0.05) is 11.6 Å². The van der Waals surface area contributed by atoms with Gasteiger partial charge in [-0.2, -0.15) is 0 Å². The summed E-state index contributed by atoms with van der Waals surface area (Å²) < 4.78 is 9.67. The Morgan fingerprint density at radius 3 is 2.37 bits per heavy atom. The molecule has 2 aromatic rings. The van der Waals surface area contributed by atoms with Gasteiger partial charge in [0.1, 0.15) is 6.61 Å². The number of hydrogen-bond acceptors (Lipinski definition) is 8. The molecule has 9 nitrogen and oxygen atoms in total. The van der Waals surface area contributed by atoms with Crippen LogP contribution in [0.2, 0.25) is 0 Å². The number of phenols is 1. The SMILES string of the molecule is COC(=O)C(C(=O)OCc1ccccc1)=C(N)c1ccc([N+](=O)[O-])c(O)c1. The van der Waals surface area contributed by atoms with Crippen LogP contribution in [0.15, 0.2) is 54.1 Å². The molecular weight excluding hydrogens is 356 g/mol. The molecule has 0 amide bonds. The molecule has 0 spiro atoms. The molecule has 0 saturated heterocycles. The molecule has 0 bridgehead atoms. The zero-order chi connectivity index (χ0) is 20.0. The van der Waals surface area contributed by atoms with Crippen LogP contribution in [-0.4, -0.2) is 29.1 Å². The van der Waals surface area contributed by atoms with E-state index in [1.807, 2.05) is 0 Å². The number of rotatable bonds is 6. The summed E-state index contributed by atoms with van der Waals surface area (Å²) in [6.07, 6.45) is 0. The number of nitrogens with zero attached hydrogens (tertiary/aromatic N) is 1. The Morgan fingerprint density at radius 2 is 1.81 bits per heavy atom. The molecule has 9 heteroatoms. The van der Waals surface area contributed by atoms with Crippen molar-refractivity contribution in [3.8, 4) is 5.75 Å².